The molecule has 3 rings (SSSR count). The van der Waals surface area contributed by atoms with Crippen molar-refractivity contribution in [3.05, 3.63) is 58.2 Å². The molecule has 0 unspecified atom stereocenters. The topological polar surface area (TPSA) is 101 Å². The lowest BCUT2D eigenvalue weighted by Crippen LogP contribution is -2.40. The Morgan fingerprint density at radius 1 is 1.06 bits per heavy atom. The van der Waals surface area contributed by atoms with Crippen LogP contribution in [0.4, 0.5) is 5.69 Å². The van der Waals surface area contributed by atoms with E-state index in [4.69, 9.17) is 27.9 Å². The van der Waals surface area contributed by atoms with E-state index in [1.54, 1.807) is 36.4 Å². The maximum Gasteiger partial charge on any atom is 0.328 e. The van der Waals surface area contributed by atoms with E-state index in [0.717, 1.165) is 12.8 Å². The molecular weight excluding hydrogens is 455 g/mol. The molecular formula is C22H22Cl2N4O4. The van der Waals surface area contributed by atoms with Crippen LogP contribution in [0.25, 0.3) is 10.9 Å². The predicted molar refractivity (Wildman–Crippen MR) is 125 cm³/mol. The Kier molecular flexibility index (Phi) is 7.61. The Morgan fingerprint density at radius 3 is 2.53 bits per heavy atom. The van der Waals surface area contributed by atoms with Gasteiger partial charge in [0.05, 0.1) is 17.8 Å². The zero-order valence-corrected chi connectivity index (χ0v) is 19.0. The standard InChI is InChI=1S/C22H22Cl2N4O4/c1-3-4-10-25-21(30)22(31)27-28-17(11-13-6-5-7-18(32-2)19(13)28)20(29)26-16-9-8-14(23)12-15(16)24/h5-9,11-12H,3-4,10H2,1-2H3,(H,25,30)(H,26,29)(H,27,31). The van der Waals surface area contributed by atoms with E-state index in [2.05, 4.69) is 16.1 Å². The minimum absolute atomic E-state index is 0.0743. The number of hydrogen-bond acceptors (Lipinski definition) is 4. The van der Waals surface area contributed by atoms with Crippen molar-refractivity contribution >= 4 is 57.5 Å². The molecule has 3 aromatic rings. The molecule has 1 heterocycles. The molecule has 0 saturated heterocycles. The maximum absolute atomic E-state index is 13.1. The molecule has 10 heteroatoms. The van der Waals surface area contributed by atoms with E-state index in [1.165, 1.54) is 17.9 Å². The largest absolute Gasteiger partial charge is 0.494 e. The van der Waals surface area contributed by atoms with Gasteiger partial charge in [0, 0.05) is 17.0 Å². The summed E-state index contributed by atoms with van der Waals surface area (Å²) in [5.41, 5.74) is 3.34. The predicted octanol–water partition coefficient (Wildman–Crippen LogP) is 4.20. The molecule has 0 aliphatic carbocycles. The molecule has 1 aromatic heterocycles. The van der Waals surface area contributed by atoms with Crippen LogP contribution in [0.5, 0.6) is 5.75 Å². The molecule has 32 heavy (non-hydrogen) atoms. The van der Waals surface area contributed by atoms with Crippen LogP contribution in [0, 0.1) is 0 Å². The Bertz CT molecular complexity index is 1180. The summed E-state index contributed by atoms with van der Waals surface area (Å²) >= 11 is 12.1. The summed E-state index contributed by atoms with van der Waals surface area (Å²) in [6.07, 6.45) is 1.62. The van der Waals surface area contributed by atoms with Crippen LogP contribution >= 0.6 is 23.2 Å². The minimum Gasteiger partial charge on any atom is -0.494 e. The van der Waals surface area contributed by atoms with E-state index in [9.17, 15) is 14.4 Å². The van der Waals surface area contributed by atoms with Crippen LogP contribution in [0.2, 0.25) is 10.0 Å². The molecule has 0 saturated carbocycles. The first-order valence-corrected chi connectivity index (χ1v) is 10.6. The maximum atomic E-state index is 13.1. The highest BCUT2D eigenvalue weighted by Crippen LogP contribution is 2.30. The summed E-state index contributed by atoms with van der Waals surface area (Å²) in [6, 6.07) is 11.4. The fourth-order valence-electron chi connectivity index (χ4n) is 3.06. The van der Waals surface area contributed by atoms with Crippen molar-refractivity contribution in [1.82, 2.24) is 9.99 Å². The molecule has 168 valence electrons. The summed E-state index contributed by atoms with van der Waals surface area (Å²) in [6.45, 7) is 2.35. The third-order valence-electron chi connectivity index (χ3n) is 4.65. The monoisotopic (exact) mass is 476 g/mol. The molecule has 8 nitrogen and oxygen atoms in total. The van der Waals surface area contributed by atoms with E-state index >= 15 is 0 Å². The van der Waals surface area contributed by atoms with Gasteiger partial charge in [0.25, 0.3) is 5.91 Å². The van der Waals surface area contributed by atoms with Crippen molar-refractivity contribution in [3.63, 3.8) is 0 Å². The van der Waals surface area contributed by atoms with Crippen LogP contribution in [-0.4, -0.2) is 36.1 Å². The van der Waals surface area contributed by atoms with Crippen molar-refractivity contribution in [3.8, 4) is 5.75 Å². The Morgan fingerprint density at radius 2 is 1.84 bits per heavy atom. The van der Waals surface area contributed by atoms with Crippen molar-refractivity contribution in [2.75, 3.05) is 24.4 Å². The van der Waals surface area contributed by atoms with Gasteiger partial charge in [0.15, 0.2) is 0 Å². The number of halogens is 2. The number of para-hydroxylation sites is 1. The van der Waals surface area contributed by atoms with Crippen molar-refractivity contribution in [1.29, 1.82) is 0 Å². The minimum atomic E-state index is -0.914. The summed E-state index contributed by atoms with van der Waals surface area (Å²) in [5.74, 6) is -1.86. The number of carbonyl (C=O) groups excluding carboxylic acids is 3. The number of nitrogens with zero attached hydrogens (tertiary/aromatic N) is 1. The van der Waals surface area contributed by atoms with Gasteiger partial charge in [0.1, 0.15) is 17.0 Å². The van der Waals surface area contributed by atoms with E-state index in [1.807, 2.05) is 6.92 Å². The lowest BCUT2D eigenvalue weighted by atomic mass is 10.2. The lowest BCUT2D eigenvalue weighted by Gasteiger charge is -2.14. The number of hydrogen-bond donors (Lipinski definition) is 3. The molecule has 0 radical (unpaired) electrons. The number of anilines is 1. The van der Waals surface area contributed by atoms with Crippen LogP contribution in [0.15, 0.2) is 42.5 Å². The fraction of sp³-hybridized carbons (Fsp3) is 0.227. The zero-order valence-electron chi connectivity index (χ0n) is 17.5. The van der Waals surface area contributed by atoms with Crippen LogP contribution in [0.3, 0.4) is 0 Å². The highest BCUT2D eigenvalue weighted by atomic mass is 35.5. The van der Waals surface area contributed by atoms with Crippen molar-refractivity contribution in [2.24, 2.45) is 0 Å². The lowest BCUT2D eigenvalue weighted by molar-refractivity contribution is -0.136. The van der Waals surface area contributed by atoms with Gasteiger partial charge in [-0.2, -0.15) is 0 Å². The second kappa shape index (κ2) is 10.4. The second-order valence-corrected chi connectivity index (χ2v) is 7.74. The van der Waals surface area contributed by atoms with Gasteiger partial charge in [-0.05, 0) is 36.8 Å². The molecule has 3 amide bonds. The normalized spacial score (nSPS) is 10.6. The summed E-state index contributed by atoms with van der Waals surface area (Å²) in [5, 5.41) is 6.55. The molecule has 0 aliphatic rings. The smallest absolute Gasteiger partial charge is 0.328 e. The highest BCUT2D eigenvalue weighted by Gasteiger charge is 2.23. The van der Waals surface area contributed by atoms with Gasteiger partial charge < -0.3 is 15.4 Å². The first kappa shape index (κ1) is 23.4. The van der Waals surface area contributed by atoms with Gasteiger partial charge in [-0.1, -0.05) is 48.7 Å². The number of benzene rings is 2. The molecule has 0 atom stereocenters. The van der Waals surface area contributed by atoms with Crippen molar-refractivity contribution < 1.29 is 19.1 Å². The third-order valence-corrected chi connectivity index (χ3v) is 5.20. The van der Waals surface area contributed by atoms with Gasteiger partial charge in [-0.15, -0.1) is 0 Å². The van der Waals surface area contributed by atoms with Gasteiger partial charge in [-0.25, -0.2) is 4.68 Å². The molecule has 0 spiro atoms. The van der Waals surface area contributed by atoms with Gasteiger partial charge in [0.2, 0.25) is 0 Å². The zero-order chi connectivity index (χ0) is 23.3. The van der Waals surface area contributed by atoms with E-state index < -0.39 is 17.7 Å². The molecule has 0 bridgehead atoms. The Hall–Kier alpha value is -3.23. The number of unbranched alkanes of at least 4 members (excludes halogenated alkanes) is 1. The summed E-state index contributed by atoms with van der Waals surface area (Å²) in [4.78, 5) is 37.8. The van der Waals surface area contributed by atoms with Crippen molar-refractivity contribution in [2.45, 2.75) is 19.8 Å². The fourth-order valence-corrected chi connectivity index (χ4v) is 3.52. The number of ether oxygens (including phenoxy) is 1. The number of methoxy groups -OCH3 is 1. The molecule has 0 fully saturated rings. The van der Waals surface area contributed by atoms with Gasteiger partial charge >= 0.3 is 11.8 Å². The molecule has 2 aromatic carbocycles. The SMILES string of the molecule is CCCCNC(=O)C(=O)Nn1c(C(=O)Nc2ccc(Cl)cc2Cl)cc2cccc(OC)c21. The Labute approximate surface area is 194 Å². The van der Waals surface area contributed by atoms with Gasteiger partial charge in [-0.3, -0.25) is 19.8 Å². The number of rotatable bonds is 7. The molecule has 0 aliphatic heterocycles. The summed E-state index contributed by atoms with van der Waals surface area (Å²) in [7, 11) is 1.47. The average Bonchev–Trinajstić information content (AvgIpc) is 3.14. The molecule has 3 N–H and O–H groups in total. The second-order valence-electron chi connectivity index (χ2n) is 6.89. The number of fused-ring (bicyclic) bond motifs is 1. The number of nitrogens with one attached hydrogen (secondary N) is 3. The average molecular weight is 477 g/mol. The quantitative estimate of drug-likeness (QED) is 0.351. The van der Waals surface area contributed by atoms with E-state index in [-0.39, 0.29) is 10.7 Å². The summed E-state index contributed by atoms with van der Waals surface area (Å²) < 4.78 is 6.62. The Balaban J connectivity index is 1.97. The number of aromatic nitrogens is 1. The number of carbonyl (C=O) groups is 3. The first-order valence-electron chi connectivity index (χ1n) is 9.89. The third kappa shape index (κ3) is 5.15. The van der Waals surface area contributed by atoms with Crippen LogP contribution < -0.4 is 20.8 Å². The first-order chi connectivity index (χ1) is 15.3. The number of amides is 3. The highest BCUT2D eigenvalue weighted by molar-refractivity contribution is 6.38. The van der Waals surface area contributed by atoms with Crippen LogP contribution in [0.1, 0.15) is 30.3 Å². The van der Waals surface area contributed by atoms with Crippen LogP contribution in [-0.2, 0) is 9.59 Å². The van der Waals surface area contributed by atoms with E-state index in [0.29, 0.717) is 33.9 Å².